The van der Waals surface area contributed by atoms with Gasteiger partial charge in [0, 0.05) is 6.08 Å². The molecule has 0 saturated carbocycles. The van der Waals surface area contributed by atoms with Crippen LogP contribution in [0.5, 0.6) is 0 Å². The van der Waals surface area contributed by atoms with Crippen LogP contribution in [0.3, 0.4) is 0 Å². The first-order valence-electron chi connectivity index (χ1n) is 4.40. The summed E-state index contributed by atoms with van der Waals surface area (Å²) in [6.45, 7) is 6.53. The van der Waals surface area contributed by atoms with E-state index in [0.29, 0.717) is 0 Å². The Morgan fingerprint density at radius 1 is 1.00 bits per heavy atom. The van der Waals surface area contributed by atoms with Crippen LogP contribution in [-0.4, -0.2) is 24.5 Å². The quantitative estimate of drug-likeness (QED) is 0.219. The number of carbonyl (C=O) groups is 3. The highest BCUT2D eigenvalue weighted by Crippen LogP contribution is 1.97. The van der Waals surface area contributed by atoms with E-state index in [4.69, 9.17) is 0 Å². The van der Waals surface area contributed by atoms with Gasteiger partial charge in [0.15, 0.2) is 0 Å². The van der Waals surface area contributed by atoms with E-state index in [1.807, 2.05) is 0 Å². The van der Waals surface area contributed by atoms with Gasteiger partial charge in [-0.25, -0.2) is 19.4 Å². The van der Waals surface area contributed by atoms with Crippen molar-refractivity contribution in [1.29, 1.82) is 0 Å². The molecule has 0 fully saturated rings. The Morgan fingerprint density at radius 3 is 2.19 bits per heavy atom. The zero-order valence-electron chi connectivity index (χ0n) is 8.64. The molecule has 0 aromatic carbocycles. The molecule has 0 aromatic rings. The van der Waals surface area contributed by atoms with Crippen molar-refractivity contribution >= 4 is 17.9 Å². The second kappa shape index (κ2) is 8.22. The summed E-state index contributed by atoms with van der Waals surface area (Å²) >= 11 is 0. The van der Waals surface area contributed by atoms with Crippen LogP contribution in [0.4, 0.5) is 0 Å². The highest BCUT2D eigenvalue weighted by Gasteiger charge is 2.11. The second-order valence-electron chi connectivity index (χ2n) is 2.53. The van der Waals surface area contributed by atoms with Crippen LogP contribution in [0.25, 0.3) is 0 Å². The summed E-state index contributed by atoms with van der Waals surface area (Å²) in [5.74, 6) is -2.29. The molecule has 0 radical (unpaired) electrons. The third kappa shape index (κ3) is 7.31. The number of carbonyl (C=O) groups excluding carboxylic acids is 3. The maximum Gasteiger partial charge on any atom is 0.378 e. The smallest absolute Gasteiger partial charge is 0.378 e. The van der Waals surface area contributed by atoms with Crippen molar-refractivity contribution in [3.63, 3.8) is 0 Å². The predicted octanol–water partition coefficient (Wildman–Crippen LogP) is 0.683. The topological polar surface area (TPSA) is 78.9 Å². The lowest BCUT2D eigenvalue weighted by Crippen LogP contribution is -2.12. The van der Waals surface area contributed by atoms with Crippen molar-refractivity contribution in [1.82, 2.24) is 0 Å². The molecule has 0 aliphatic heterocycles. The van der Waals surface area contributed by atoms with Crippen LogP contribution in [-0.2, 0) is 28.9 Å². The molecule has 6 heteroatoms. The summed E-state index contributed by atoms with van der Waals surface area (Å²) < 4.78 is 4.60. The molecule has 0 spiro atoms. The summed E-state index contributed by atoms with van der Waals surface area (Å²) in [5, 5.41) is 0. The van der Waals surface area contributed by atoms with Crippen LogP contribution in [0, 0.1) is 0 Å². The fraction of sp³-hybridized carbons (Fsp3) is 0.300. The minimum atomic E-state index is -0.886. The first-order valence-corrected chi connectivity index (χ1v) is 4.40. The average Bonchev–Trinajstić information content (AvgIpc) is 2.30. The first-order chi connectivity index (χ1) is 7.60. The molecule has 6 nitrogen and oxygen atoms in total. The molecule has 0 aromatic heterocycles. The lowest BCUT2D eigenvalue weighted by atomic mass is 10.3. The van der Waals surface area contributed by atoms with Crippen LogP contribution >= 0.6 is 0 Å². The predicted molar refractivity (Wildman–Crippen MR) is 52.8 cm³/mol. The fourth-order valence-electron chi connectivity index (χ4n) is 0.591. The van der Waals surface area contributed by atoms with E-state index < -0.39 is 17.9 Å². The van der Waals surface area contributed by atoms with E-state index in [0.717, 1.165) is 6.08 Å². The van der Waals surface area contributed by atoms with Gasteiger partial charge < -0.3 is 4.74 Å². The third-order valence-electron chi connectivity index (χ3n) is 1.28. The summed E-state index contributed by atoms with van der Waals surface area (Å²) in [4.78, 5) is 40.3. The molecular formula is C10H12O6. The van der Waals surface area contributed by atoms with Gasteiger partial charge in [-0.2, -0.15) is 0 Å². The van der Waals surface area contributed by atoms with Crippen molar-refractivity contribution in [3.05, 3.63) is 25.3 Å². The van der Waals surface area contributed by atoms with Gasteiger partial charge in [0.2, 0.25) is 0 Å². The van der Waals surface area contributed by atoms with E-state index in [1.165, 1.54) is 6.08 Å². The standard InChI is InChI=1S/C10H12O6/c1-3-7-14-9(12)5-6-10(13)16-15-8(11)4-2/h3-4H,1-2,5-7H2. The van der Waals surface area contributed by atoms with Crippen molar-refractivity contribution in [2.24, 2.45) is 0 Å². The van der Waals surface area contributed by atoms with Crippen LogP contribution < -0.4 is 0 Å². The Labute approximate surface area is 92.4 Å². The van der Waals surface area contributed by atoms with Gasteiger partial charge in [0.05, 0.1) is 12.8 Å². The summed E-state index contributed by atoms with van der Waals surface area (Å²) in [5.41, 5.74) is 0. The molecule has 0 unspecified atom stereocenters. The SMILES string of the molecule is C=CCOC(=O)CCC(=O)OOC(=O)C=C. The van der Waals surface area contributed by atoms with Crippen molar-refractivity contribution in [2.75, 3.05) is 6.61 Å². The Balaban J connectivity index is 3.64. The van der Waals surface area contributed by atoms with E-state index in [1.54, 1.807) is 0 Å². The minimum Gasteiger partial charge on any atom is -0.461 e. The highest BCUT2D eigenvalue weighted by molar-refractivity contribution is 5.82. The Morgan fingerprint density at radius 2 is 1.62 bits per heavy atom. The maximum atomic E-state index is 10.9. The molecule has 0 amide bonds. The molecule has 0 heterocycles. The van der Waals surface area contributed by atoms with Crippen molar-refractivity contribution in [3.8, 4) is 0 Å². The largest absolute Gasteiger partial charge is 0.461 e. The van der Waals surface area contributed by atoms with Gasteiger partial charge in [-0.15, -0.1) is 0 Å². The Bertz CT molecular complexity index is 294. The average molecular weight is 228 g/mol. The zero-order chi connectivity index (χ0) is 12.4. The number of hydrogen-bond donors (Lipinski definition) is 0. The van der Waals surface area contributed by atoms with Crippen LogP contribution in [0.1, 0.15) is 12.8 Å². The van der Waals surface area contributed by atoms with Crippen molar-refractivity contribution in [2.45, 2.75) is 12.8 Å². The normalized spacial score (nSPS) is 8.75. The minimum absolute atomic E-state index is 0.0827. The van der Waals surface area contributed by atoms with Crippen molar-refractivity contribution < 1.29 is 28.9 Å². The second-order valence-corrected chi connectivity index (χ2v) is 2.53. The zero-order valence-corrected chi connectivity index (χ0v) is 8.64. The van der Waals surface area contributed by atoms with Gasteiger partial charge in [-0.3, -0.25) is 4.79 Å². The third-order valence-corrected chi connectivity index (χ3v) is 1.28. The maximum absolute atomic E-state index is 10.9. The fourth-order valence-corrected chi connectivity index (χ4v) is 0.591. The van der Waals surface area contributed by atoms with Gasteiger partial charge in [-0.05, 0) is 0 Å². The summed E-state index contributed by atoms with van der Waals surface area (Å²) in [6, 6.07) is 0. The monoisotopic (exact) mass is 228 g/mol. The van der Waals surface area contributed by atoms with E-state index in [-0.39, 0.29) is 19.4 Å². The Hall–Kier alpha value is -2.11. The van der Waals surface area contributed by atoms with E-state index in [2.05, 4.69) is 27.7 Å². The molecule has 0 aliphatic carbocycles. The van der Waals surface area contributed by atoms with Crippen LogP contribution in [0.2, 0.25) is 0 Å². The molecular weight excluding hydrogens is 216 g/mol. The van der Waals surface area contributed by atoms with E-state index in [9.17, 15) is 14.4 Å². The molecule has 0 aliphatic rings. The molecule has 0 atom stereocenters. The molecule has 16 heavy (non-hydrogen) atoms. The van der Waals surface area contributed by atoms with Gasteiger partial charge in [-0.1, -0.05) is 19.2 Å². The molecule has 0 saturated heterocycles. The van der Waals surface area contributed by atoms with Gasteiger partial charge >= 0.3 is 17.9 Å². The molecule has 0 rings (SSSR count). The number of hydrogen-bond acceptors (Lipinski definition) is 6. The van der Waals surface area contributed by atoms with Gasteiger partial charge in [0.25, 0.3) is 0 Å². The molecule has 0 bridgehead atoms. The highest BCUT2D eigenvalue weighted by atomic mass is 17.2. The van der Waals surface area contributed by atoms with E-state index >= 15 is 0 Å². The molecule has 0 N–H and O–H groups in total. The molecule has 88 valence electrons. The summed E-state index contributed by atoms with van der Waals surface area (Å²) in [6.07, 6.45) is 1.85. The van der Waals surface area contributed by atoms with Crippen LogP contribution in [0.15, 0.2) is 25.3 Å². The lowest BCUT2D eigenvalue weighted by molar-refractivity contribution is -0.255. The lowest BCUT2D eigenvalue weighted by Gasteiger charge is -2.01. The Kier molecular flexibility index (Phi) is 7.14. The first kappa shape index (κ1) is 13.9. The number of esters is 1. The number of ether oxygens (including phenoxy) is 1. The number of rotatable bonds is 6. The summed E-state index contributed by atoms with van der Waals surface area (Å²) in [7, 11) is 0. The van der Waals surface area contributed by atoms with Gasteiger partial charge in [0.1, 0.15) is 6.61 Å².